The lowest BCUT2D eigenvalue weighted by Crippen LogP contribution is -2.62. The molecule has 142 valence electrons. The van der Waals surface area contributed by atoms with Crippen molar-refractivity contribution in [2.45, 2.75) is 17.4 Å². The lowest BCUT2D eigenvalue weighted by Gasteiger charge is -2.52. The Morgan fingerprint density at radius 2 is 1.78 bits per heavy atom. The Bertz CT molecular complexity index is 966. The van der Waals surface area contributed by atoms with Gasteiger partial charge in [0.1, 0.15) is 5.82 Å². The number of carbonyl (C=O) groups excluding carboxylic acids is 1. The summed E-state index contributed by atoms with van der Waals surface area (Å²) >= 11 is 0. The van der Waals surface area contributed by atoms with Crippen LogP contribution in [0.1, 0.15) is 16.8 Å². The van der Waals surface area contributed by atoms with E-state index in [0.717, 1.165) is 6.42 Å². The van der Waals surface area contributed by atoms with Gasteiger partial charge in [0.05, 0.1) is 4.90 Å². The third-order valence-electron chi connectivity index (χ3n) is 5.38. The second-order valence-corrected chi connectivity index (χ2v) is 8.87. The zero-order valence-electron chi connectivity index (χ0n) is 14.5. The maximum absolute atomic E-state index is 13.0. The molecule has 6 nitrogen and oxygen atoms in total. The maximum Gasteiger partial charge on any atom is 0.261 e. The van der Waals surface area contributed by atoms with Crippen molar-refractivity contribution in [2.75, 3.05) is 17.8 Å². The quantitative estimate of drug-likeness (QED) is 0.837. The van der Waals surface area contributed by atoms with Crippen LogP contribution in [0.4, 0.5) is 10.1 Å². The van der Waals surface area contributed by atoms with Crippen molar-refractivity contribution >= 4 is 21.6 Å². The van der Waals surface area contributed by atoms with Gasteiger partial charge in [-0.15, -0.1) is 0 Å². The van der Waals surface area contributed by atoms with Crippen LogP contribution in [-0.2, 0) is 10.0 Å². The van der Waals surface area contributed by atoms with Gasteiger partial charge in [-0.1, -0.05) is 6.07 Å². The molecule has 2 heterocycles. The number of rotatable bonds is 4. The van der Waals surface area contributed by atoms with Crippen LogP contribution < -0.4 is 10.5 Å². The van der Waals surface area contributed by atoms with Crippen LogP contribution in [0.3, 0.4) is 0 Å². The minimum atomic E-state index is -3.89. The van der Waals surface area contributed by atoms with Crippen LogP contribution in [0.25, 0.3) is 0 Å². The van der Waals surface area contributed by atoms with Gasteiger partial charge in [0, 0.05) is 30.4 Å². The summed E-state index contributed by atoms with van der Waals surface area (Å²) in [7, 11) is -3.89. The number of nitrogens with zero attached hydrogens (tertiary/aromatic N) is 1. The number of halogens is 1. The average molecular weight is 389 g/mol. The first-order chi connectivity index (χ1) is 12.8. The number of nitrogens with two attached hydrogens (primary N) is 1. The number of benzene rings is 2. The second kappa shape index (κ2) is 6.61. The maximum atomic E-state index is 13.0. The number of anilines is 1. The third kappa shape index (κ3) is 3.42. The first-order valence-electron chi connectivity index (χ1n) is 8.77. The lowest BCUT2D eigenvalue weighted by atomic mass is 9.66. The van der Waals surface area contributed by atoms with Crippen LogP contribution in [0.15, 0.2) is 53.4 Å². The molecule has 3 aliphatic rings. The number of piperidine rings is 2. The smallest absolute Gasteiger partial charge is 0.261 e. The summed E-state index contributed by atoms with van der Waals surface area (Å²) in [6, 6.07) is 11.1. The van der Waals surface area contributed by atoms with Crippen molar-refractivity contribution in [3.8, 4) is 0 Å². The lowest BCUT2D eigenvalue weighted by molar-refractivity contribution is 0.00619. The summed E-state index contributed by atoms with van der Waals surface area (Å²) in [5.74, 6) is 0.0276. The fraction of sp³-hybridized carbons (Fsp3) is 0.316. The molecular weight excluding hydrogens is 369 g/mol. The normalized spacial score (nSPS) is 24.2. The Morgan fingerprint density at radius 3 is 2.41 bits per heavy atom. The van der Waals surface area contributed by atoms with Gasteiger partial charge in [-0.2, -0.15) is 0 Å². The minimum absolute atomic E-state index is 0.0171. The number of amides is 1. The summed E-state index contributed by atoms with van der Waals surface area (Å²) < 4.78 is 40.6. The summed E-state index contributed by atoms with van der Waals surface area (Å²) in [6.45, 7) is 1.22. The van der Waals surface area contributed by atoms with Gasteiger partial charge >= 0.3 is 0 Å². The number of carbonyl (C=O) groups is 1. The Labute approximate surface area is 157 Å². The molecule has 1 aliphatic carbocycles. The largest absolute Gasteiger partial charge is 0.338 e. The number of fused-ring (bicyclic) bond motifs is 2. The molecule has 2 unspecified atom stereocenters. The van der Waals surface area contributed by atoms with E-state index in [1.807, 2.05) is 0 Å². The molecule has 2 bridgehead atoms. The molecule has 2 aromatic rings. The van der Waals surface area contributed by atoms with E-state index >= 15 is 0 Å². The highest BCUT2D eigenvalue weighted by atomic mass is 32.2. The molecule has 1 amide bonds. The predicted octanol–water partition coefficient (Wildman–Crippen LogP) is 2.05. The highest BCUT2D eigenvalue weighted by molar-refractivity contribution is 7.92. The van der Waals surface area contributed by atoms with Crippen LogP contribution in [0.5, 0.6) is 0 Å². The van der Waals surface area contributed by atoms with Gasteiger partial charge in [0.25, 0.3) is 15.9 Å². The SMILES string of the molecule is NC1C2CC1CN(C(=O)c1cccc(S(=O)(=O)Nc3ccc(F)cc3)c1)C2. The van der Waals surface area contributed by atoms with Crippen LogP contribution >= 0.6 is 0 Å². The molecule has 8 heteroatoms. The zero-order chi connectivity index (χ0) is 19.2. The Hall–Kier alpha value is -2.45. The molecule has 27 heavy (non-hydrogen) atoms. The summed E-state index contributed by atoms with van der Waals surface area (Å²) in [4.78, 5) is 14.5. The highest BCUT2D eigenvalue weighted by Crippen LogP contribution is 2.39. The number of nitrogens with one attached hydrogen (secondary N) is 1. The van der Waals surface area contributed by atoms with E-state index < -0.39 is 15.8 Å². The van der Waals surface area contributed by atoms with Gasteiger partial charge in [-0.05, 0) is 60.7 Å². The molecule has 1 saturated carbocycles. The van der Waals surface area contributed by atoms with E-state index in [0.29, 0.717) is 30.5 Å². The van der Waals surface area contributed by atoms with E-state index in [1.54, 1.807) is 17.0 Å². The van der Waals surface area contributed by atoms with E-state index in [2.05, 4.69) is 4.72 Å². The van der Waals surface area contributed by atoms with E-state index in [4.69, 9.17) is 5.73 Å². The number of sulfonamides is 1. The van der Waals surface area contributed by atoms with Crippen LogP contribution in [0, 0.1) is 17.7 Å². The van der Waals surface area contributed by atoms with Crippen LogP contribution in [0.2, 0.25) is 0 Å². The van der Waals surface area contributed by atoms with Crippen molar-refractivity contribution in [3.63, 3.8) is 0 Å². The summed E-state index contributed by atoms with van der Waals surface area (Å²) in [5, 5.41) is 0. The number of hydrogen-bond acceptors (Lipinski definition) is 4. The molecule has 2 atom stereocenters. The molecular formula is C19H20FN3O3S. The van der Waals surface area contributed by atoms with Crippen molar-refractivity contribution < 1.29 is 17.6 Å². The van der Waals surface area contributed by atoms with Gasteiger partial charge < -0.3 is 10.6 Å². The molecule has 3 fully saturated rings. The Morgan fingerprint density at radius 1 is 1.11 bits per heavy atom. The minimum Gasteiger partial charge on any atom is -0.338 e. The molecule has 0 aromatic heterocycles. The molecule has 0 radical (unpaired) electrons. The fourth-order valence-corrected chi connectivity index (χ4v) is 4.91. The predicted molar refractivity (Wildman–Crippen MR) is 99.1 cm³/mol. The average Bonchev–Trinajstić information content (AvgIpc) is 2.68. The summed E-state index contributed by atoms with van der Waals surface area (Å²) in [5.41, 5.74) is 6.62. The van der Waals surface area contributed by atoms with E-state index in [1.165, 1.54) is 36.4 Å². The third-order valence-corrected chi connectivity index (χ3v) is 6.76. The van der Waals surface area contributed by atoms with Crippen molar-refractivity contribution in [1.29, 1.82) is 0 Å². The van der Waals surface area contributed by atoms with Crippen molar-refractivity contribution in [1.82, 2.24) is 4.90 Å². The fourth-order valence-electron chi connectivity index (χ4n) is 3.80. The molecule has 0 spiro atoms. The van der Waals surface area contributed by atoms with Gasteiger partial charge in [-0.3, -0.25) is 9.52 Å². The van der Waals surface area contributed by atoms with Crippen LogP contribution in [-0.4, -0.2) is 38.4 Å². The first-order valence-corrected chi connectivity index (χ1v) is 10.2. The molecule has 2 aromatic carbocycles. The Kier molecular flexibility index (Phi) is 4.39. The van der Waals surface area contributed by atoms with Gasteiger partial charge in [0.2, 0.25) is 0 Å². The van der Waals surface area contributed by atoms with E-state index in [9.17, 15) is 17.6 Å². The van der Waals surface area contributed by atoms with Gasteiger partial charge in [0.15, 0.2) is 0 Å². The molecule has 3 N–H and O–H groups in total. The number of hydrogen-bond donors (Lipinski definition) is 2. The topological polar surface area (TPSA) is 92.5 Å². The second-order valence-electron chi connectivity index (χ2n) is 7.18. The molecule has 2 aliphatic heterocycles. The van der Waals surface area contributed by atoms with Crippen molar-refractivity contribution in [3.05, 3.63) is 59.9 Å². The van der Waals surface area contributed by atoms with Gasteiger partial charge in [-0.25, -0.2) is 12.8 Å². The highest BCUT2D eigenvalue weighted by Gasteiger charge is 2.45. The monoisotopic (exact) mass is 389 g/mol. The molecule has 2 saturated heterocycles. The summed E-state index contributed by atoms with van der Waals surface area (Å²) in [6.07, 6.45) is 1.06. The zero-order valence-corrected chi connectivity index (χ0v) is 15.3. The Balaban J connectivity index is 1.53. The van der Waals surface area contributed by atoms with Crippen molar-refractivity contribution in [2.24, 2.45) is 17.6 Å². The standard InChI is InChI=1S/C19H20FN3O3S/c20-15-4-6-16(7-5-15)22-27(25,26)17-3-1-2-12(9-17)19(24)23-10-13-8-14(11-23)18(13)21/h1-7,9,13-14,18,22H,8,10-11,21H2. The van der Waals surface area contributed by atoms with E-state index in [-0.39, 0.29) is 22.5 Å². The first kappa shape index (κ1) is 17.9. The molecule has 5 rings (SSSR count).